The minimum atomic E-state index is -0.136. The number of hydrogen-bond donors (Lipinski definition) is 0. The highest BCUT2D eigenvalue weighted by atomic mass is 35.5. The zero-order valence-corrected chi connectivity index (χ0v) is 13.0. The van der Waals surface area contributed by atoms with E-state index in [4.69, 9.17) is 11.6 Å². The van der Waals surface area contributed by atoms with E-state index in [1.54, 1.807) is 4.90 Å². The number of rotatable bonds is 4. The average Bonchev–Trinajstić information content (AvgIpc) is 2.53. The summed E-state index contributed by atoms with van der Waals surface area (Å²) >= 11 is 5.82. The maximum atomic E-state index is 12.4. The lowest BCUT2D eigenvalue weighted by Gasteiger charge is -2.27. The summed E-state index contributed by atoms with van der Waals surface area (Å²) in [5.41, 5.74) is 3.76. The van der Waals surface area contributed by atoms with Crippen LogP contribution in [0.4, 0.5) is 5.69 Å². The second-order valence-electron chi connectivity index (χ2n) is 4.91. The van der Waals surface area contributed by atoms with Gasteiger partial charge in [0, 0.05) is 5.69 Å². The van der Waals surface area contributed by atoms with Crippen molar-refractivity contribution in [3.8, 4) is 0 Å². The normalized spacial score (nSPS) is 10.0. The standard InChI is InChI=1S/C18H18ClNO/c1-14(2)18(15-9-5-3-6-10-15)20(17(21)13-19)16-11-7-4-8-12-16/h3-12H,13H2,1-2H3. The van der Waals surface area contributed by atoms with E-state index >= 15 is 0 Å². The van der Waals surface area contributed by atoms with Crippen LogP contribution in [0.25, 0.3) is 5.70 Å². The van der Waals surface area contributed by atoms with Gasteiger partial charge in [0.1, 0.15) is 5.88 Å². The number of nitrogens with zero attached hydrogens (tertiary/aromatic N) is 1. The molecule has 0 spiro atoms. The van der Waals surface area contributed by atoms with Crippen molar-refractivity contribution in [3.05, 3.63) is 71.8 Å². The second kappa shape index (κ2) is 7.09. The molecule has 0 aliphatic heterocycles. The Hall–Kier alpha value is -2.06. The number of carbonyl (C=O) groups excluding carboxylic acids is 1. The fourth-order valence-electron chi connectivity index (χ4n) is 2.27. The number of para-hydroxylation sites is 1. The molecule has 0 atom stereocenters. The zero-order valence-electron chi connectivity index (χ0n) is 12.2. The van der Waals surface area contributed by atoms with Crippen LogP contribution in [0.3, 0.4) is 0 Å². The Balaban J connectivity index is 2.59. The van der Waals surface area contributed by atoms with Gasteiger partial charge in [0.2, 0.25) is 5.91 Å². The summed E-state index contributed by atoms with van der Waals surface area (Å²) in [6, 6.07) is 19.5. The number of alkyl halides is 1. The molecule has 2 aromatic carbocycles. The molecule has 2 rings (SSSR count). The van der Waals surface area contributed by atoms with E-state index in [0.717, 1.165) is 22.5 Å². The van der Waals surface area contributed by atoms with Crippen LogP contribution in [0.2, 0.25) is 0 Å². The molecule has 0 saturated carbocycles. The first-order chi connectivity index (χ1) is 10.1. The lowest BCUT2D eigenvalue weighted by Crippen LogP contribution is -2.31. The van der Waals surface area contributed by atoms with Crippen molar-refractivity contribution in [2.24, 2.45) is 0 Å². The van der Waals surface area contributed by atoms with E-state index in [2.05, 4.69) is 0 Å². The number of hydrogen-bond acceptors (Lipinski definition) is 1. The summed E-state index contributed by atoms with van der Waals surface area (Å²) in [6.45, 7) is 4.00. The molecule has 3 heteroatoms. The van der Waals surface area contributed by atoms with Crippen LogP contribution in [0.15, 0.2) is 66.2 Å². The van der Waals surface area contributed by atoms with Crippen LogP contribution >= 0.6 is 11.6 Å². The first-order valence-electron chi connectivity index (χ1n) is 6.82. The molecule has 2 nitrogen and oxygen atoms in total. The molecule has 0 aliphatic rings. The van der Waals surface area contributed by atoms with Gasteiger partial charge in [-0.25, -0.2) is 0 Å². The molecular formula is C18H18ClNO. The minimum absolute atomic E-state index is 0.0570. The van der Waals surface area contributed by atoms with E-state index in [9.17, 15) is 4.79 Å². The smallest absolute Gasteiger partial charge is 0.246 e. The SMILES string of the molecule is CC(C)=C(c1ccccc1)N(C(=O)CCl)c1ccccc1. The van der Waals surface area contributed by atoms with E-state index in [1.807, 2.05) is 74.5 Å². The van der Waals surface area contributed by atoms with Crippen molar-refractivity contribution in [2.75, 3.05) is 10.8 Å². The van der Waals surface area contributed by atoms with Crippen LogP contribution < -0.4 is 4.90 Å². The molecule has 0 saturated heterocycles. The first-order valence-corrected chi connectivity index (χ1v) is 7.35. The first kappa shape index (κ1) is 15.3. The monoisotopic (exact) mass is 299 g/mol. The van der Waals surface area contributed by atoms with Gasteiger partial charge < -0.3 is 0 Å². The molecule has 0 bridgehead atoms. The van der Waals surface area contributed by atoms with Crippen molar-refractivity contribution >= 4 is 28.9 Å². The van der Waals surface area contributed by atoms with E-state index in [0.29, 0.717) is 0 Å². The molecule has 0 radical (unpaired) electrons. The maximum absolute atomic E-state index is 12.4. The Morgan fingerprint density at radius 1 is 0.952 bits per heavy atom. The van der Waals surface area contributed by atoms with Gasteiger partial charge in [0.15, 0.2) is 0 Å². The highest BCUT2D eigenvalue weighted by Gasteiger charge is 2.21. The molecule has 1 amide bonds. The largest absolute Gasteiger partial charge is 0.280 e. The fraction of sp³-hybridized carbons (Fsp3) is 0.167. The van der Waals surface area contributed by atoms with Gasteiger partial charge in [0.25, 0.3) is 0 Å². The summed E-state index contributed by atoms with van der Waals surface area (Å²) in [4.78, 5) is 14.1. The number of benzene rings is 2. The Morgan fingerprint density at radius 2 is 1.48 bits per heavy atom. The van der Waals surface area contributed by atoms with Gasteiger partial charge in [0.05, 0.1) is 5.70 Å². The van der Waals surface area contributed by atoms with Crippen LogP contribution in [0, 0.1) is 0 Å². The summed E-state index contributed by atoms with van der Waals surface area (Å²) in [6.07, 6.45) is 0. The van der Waals surface area contributed by atoms with Crippen molar-refractivity contribution in [1.82, 2.24) is 0 Å². The maximum Gasteiger partial charge on any atom is 0.246 e. The summed E-state index contributed by atoms with van der Waals surface area (Å²) in [5, 5.41) is 0. The number of amides is 1. The molecule has 108 valence electrons. The molecule has 0 aliphatic carbocycles. The zero-order chi connectivity index (χ0) is 15.2. The Labute approximate surface area is 130 Å². The van der Waals surface area contributed by atoms with E-state index in [1.165, 1.54) is 0 Å². The number of anilines is 1. The Morgan fingerprint density at radius 3 is 1.95 bits per heavy atom. The minimum Gasteiger partial charge on any atom is -0.280 e. The molecule has 0 fully saturated rings. The summed E-state index contributed by atoms with van der Waals surface area (Å²) < 4.78 is 0. The predicted octanol–water partition coefficient (Wildman–Crippen LogP) is 4.71. The van der Waals surface area contributed by atoms with Crippen LogP contribution in [-0.2, 0) is 4.79 Å². The highest BCUT2D eigenvalue weighted by Crippen LogP contribution is 2.29. The van der Waals surface area contributed by atoms with Gasteiger partial charge in [-0.2, -0.15) is 0 Å². The molecule has 0 N–H and O–H groups in total. The summed E-state index contributed by atoms with van der Waals surface area (Å²) in [5.74, 6) is -0.193. The van der Waals surface area contributed by atoms with Crippen molar-refractivity contribution in [1.29, 1.82) is 0 Å². The molecule has 0 unspecified atom stereocenters. The molecule has 21 heavy (non-hydrogen) atoms. The average molecular weight is 300 g/mol. The molecule has 2 aromatic rings. The third kappa shape index (κ3) is 3.53. The predicted molar refractivity (Wildman–Crippen MR) is 89.4 cm³/mol. The van der Waals surface area contributed by atoms with Gasteiger partial charge in [-0.15, -0.1) is 11.6 Å². The van der Waals surface area contributed by atoms with Crippen molar-refractivity contribution in [3.63, 3.8) is 0 Å². The number of allylic oxidation sites excluding steroid dienone is 1. The highest BCUT2D eigenvalue weighted by molar-refractivity contribution is 6.31. The van der Waals surface area contributed by atoms with Crippen molar-refractivity contribution < 1.29 is 4.79 Å². The lowest BCUT2D eigenvalue weighted by atomic mass is 10.1. The molecular weight excluding hydrogens is 282 g/mol. The quantitative estimate of drug-likeness (QED) is 0.749. The summed E-state index contributed by atoms with van der Waals surface area (Å²) in [7, 11) is 0. The van der Waals surface area contributed by atoms with Crippen LogP contribution in [0.5, 0.6) is 0 Å². The van der Waals surface area contributed by atoms with Gasteiger partial charge in [-0.3, -0.25) is 9.69 Å². The van der Waals surface area contributed by atoms with E-state index < -0.39 is 0 Å². The Kier molecular flexibility index (Phi) is 5.18. The third-order valence-electron chi connectivity index (χ3n) is 3.12. The lowest BCUT2D eigenvalue weighted by molar-refractivity contribution is -0.115. The molecule has 0 aromatic heterocycles. The van der Waals surface area contributed by atoms with Crippen LogP contribution in [0.1, 0.15) is 19.4 Å². The van der Waals surface area contributed by atoms with E-state index in [-0.39, 0.29) is 11.8 Å². The third-order valence-corrected chi connectivity index (χ3v) is 3.35. The Bertz CT molecular complexity index is 631. The van der Waals surface area contributed by atoms with Gasteiger partial charge in [-0.05, 0) is 31.5 Å². The number of halogens is 1. The number of carbonyl (C=O) groups is 1. The topological polar surface area (TPSA) is 20.3 Å². The van der Waals surface area contributed by atoms with Gasteiger partial charge >= 0.3 is 0 Å². The fourth-order valence-corrected chi connectivity index (χ4v) is 2.39. The second-order valence-corrected chi connectivity index (χ2v) is 5.18. The van der Waals surface area contributed by atoms with Gasteiger partial charge in [-0.1, -0.05) is 54.1 Å². The molecule has 0 heterocycles. The van der Waals surface area contributed by atoms with Crippen molar-refractivity contribution in [2.45, 2.75) is 13.8 Å². The van der Waals surface area contributed by atoms with Crippen LogP contribution in [-0.4, -0.2) is 11.8 Å².